The molecule has 70 valence electrons. The highest BCUT2D eigenvalue weighted by atomic mass is 14.5. The van der Waals surface area contributed by atoms with Crippen LogP contribution in [0, 0.1) is 0 Å². The average Bonchev–Trinajstić information content (AvgIpc) is 2.16. The molecule has 0 saturated carbocycles. The quantitative estimate of drug-likeness (QED) is 0.640. The molecule has 0 bridgehead atoms. The predicted molar refractivity (Wildman–Crippen MR) is 58.1 cm³/mol. The highest BCUT2D eigenvalue weighted by Gasteiger charge is 1.87. The molecule has 2 N–H and O–H groups in total. The molecule has 0 radical (unpaired) electrons. The molecule has 0 atom stereocenters. The maximum Gasteiger partial charge on any atom is 0.0177 e. The molecular formula is C11H21N. The Labute approximate surface area is 76.7 Å². The zero-order valence-corrected chi connectivity index (χ0v) is 8.56. The van der Waals surface area contributed by atoms with Crippen molar-refractivity contribution in [1.82, 2.24) is 0 Å². The summed E-state index contributed by atoms with van der Waals surface area (Å²) < 4.78 is 0. The fourth-order valence-electron chi connectivity index (χ4n) is 0.565. The summed E-state index contributed by atoms with van der Waals surface area (Å²) in [5.74, 6) is 0. The number of allylic oxidation sites excluding steroid dienone is 2. The summed E-state index contributed by atoms with van der Waals surface area (Å²) in [6.07, 6.45) is 4.71. The smallest absolute Gasteiger partial charge is 0.0177 e. The van der Waals surface area contributed by atoms with E-state index in [1.54, 1.807) is 6.08 Å². The minimum Gasteiger partial charge on any atom is -0.326 e. The zero-order valence-electron chi connectivity index (χ0n) is 8.56. The molecule has 12 heavy (non-hydrogen) atoms. The van der Waals surface area contributed by atoms with Crippen molar-refractivity contribution in [3.8, 4) is 0 Å². The van der Waals surface area contributed by atoms with E-state index in [0.29, 0.717) is 6.54 Å². The van der Waals surface area contributed by atoms with Crippen LogP contribution in [0.3, 0.4) is 0 Å². The summed E-state index contributed by atoms with van der Waals surface area (Å²) >= 11 is 0. The van der Waals surface area contributed by atoms with E-state index in [9.17, 15) is 0 Å². The lowest BCUT2D eigenvalue weighted by Crippen LogP contribution is -2.00. The topological polar surface area (TPSA) is 26.0 Å². The van der Waals surface area contributed by atoms with Crippen LogP contribution in [0.4, 0.5) is 0 Å². The fraction of sp³-hybridized carbons (Fsp3) is 0.455. The van der Waals surface area contributed by atoms with Crippen LogP contribution in [-0.4, -0.2) is 6.54 Å². The minimum absolute atomic E-state index is 0.544. The highest BCUT2D eigenvalue weighted by Crippen LogP contribution is 2.03. The summed E-state index contributed by atoms with van der Waals surface area (Å²) in [4.78, 5) is 0. The van der Waals surface area contributed by atoms with Crippen LogP contribution in [0.1, 0.15) is 27.2 Å². The maximum absolute atomic E-state index is 5.41. The molecule has 0 aromatic carbocycles. The summed E-state index contributed by atoms with van der Waals surface area (Å²) in [5.41, 5.74) is 7.55. The van der Waals surface area contributed by atoms with Crippen molar-refractivity contribution in [1.29, 1.82) is 0 Å². The van der Waals surface area contributed by atoms with Crippen LogP contribution in [0.15, 0.2) is 36.5 Å². The summed E-state index contributed by atoms with van der Waals surface area (Å²) in [7, 11) is 0. The second-order valence-electron chi connectivity index (χ2n) is 2.14. The van der Waals surface area contributed by atoms with Crippen molar-refractivity contribution in [2.24, 2.45) is 5.73 Å². The fourth-order valence-corrected chi connectivity index (χ4v) is 0.565. The first-order valence-electron chi connectivity index (χ1n) is 4.45. The van der Waals surface area contributed by atoms with Crippen molar-refractivity contribution in [3.05, 3.63) is 36.5 Å². The molecule has 0 amide bonds. The van der Waals surface area contributed by atoms with E-state index in [-0.39, 0.29) is 0 Å². The molecule has 0 spiro atoms. The Morgan fingerprint density at radius 3 is 2.17 bits per heavy atom. The number of rotatable bonds is 4. The Balaban J connectivity index is 0. The average molecular weight is 167 g/mol. The Kier molecular flexibility index (Phi) is 11.7. The van der Waals surface area contributed by atoms with E-state index >= 15 is 0 Å². The lowest BCUT2D eigenvalue weighted by atomic mass is 10.1. The molecule has 1 nitrogen and oxygen atoms in total. The molecule has 0 saturated heterocycles. The van der Waals surface area contributed by atoms with Gasteiger partial charge in [-0.3, -0.25) is 0 Å². The van der Waals surface area contributed by atoms with Gasteiger partial charge in [0.25, 0.3) is 0 Å². The van der Waals surface area contributed by atoms with E-state index in [2.05, 4.69) is 20.1 Å². The van der Waals surface area contributed by atoms with Crippen LogP contribution in [0.5, 0.6) is 0 Å². The first kappa shape index (κ1) is 13.7. The molecular weight excluding hydrogens is 146 g/mol. The maximum atomic E-state index is 5.41. The monoisotopic (exact) mass is 167 g/mol. The highest BCUT2D eigenvalue weighted by molar-refractivity contribution is 5.27. The van der Waals surface area contributed by atoms with Crippen LogP contribution >= 0.6 is 0 Å². The molecule has 0 rings (SSSR count). The molecule has 1 heteroatoms. The lowest BCUT2D eigenvalue weighted by Gasteiger charge is -1.97. The Hall–Kier alpha value is -0.820. The van der Waals surface area contributed by atoms with Gasteiger partial charge >= 0.3 is 0 Å². The Morgan fingerprint density at radius 2 is 1.92 bits per heavy atom. The van der Waals surface area contributed by atoms with Crippen molar-refractivity contribution in [3.63, 3.8) is 0 Å². The Morgan fingerprint density at radius 1 is 1.42 bits per heavy atom. The van der Waals surface area contributed by atoms with Gasteiger partial charge < -0.3 is 5.73 Å². The van der Waals surface area contributed by atoms with E-state index in [1.165, 1.54) is 0 Å². The second-order valence-corrected chi connectivity index (χ2v) is 2.14. The van der Waals surface area contributed by atoms with Gasteiger partial charge in [0, 0.05) is 6.54 Å². The van der Waals surface area contributed by atoms with Gasteiger partial charge in [0.1, 0.15) is 0 Å². The molecule has 0 aliphatic rings. The normalized spacial score (nSPS) is 9.83. The summed E-state index contributed by atoms with van der Waals surface area (Å²) in [6, 6.07) is 0. The molecule has 0 aromatic heterocycles. The summed E-state index contributed by atoms with van der Waals surface area (Å²) in [5, 5.41) is 0. The van der Waals surface area contributed by atoms with E-state index in [0.717, 1.165) is 17.6 Å². The van der Waals surface area contributed by atoms with Gasteiger partial charge in [0.2, 0.25) is 0 Å². The van der Waals surface area contributed by atoms with Crippen LogP contribution in [0.2, 0.25) is 0 Å². The van der Waals surface area contributed by atoms with Gasteiger partial charge in [0.05, 0.1) is 0 Å². The predicted octanol–water partition coefficient (Wildman–Crippen LogP) is 3.05. The minimum atomic E-state index is 0.544. The van der Waals surface area contributed by atoms with E-state index in [4.69, 9.17) is 5.73 Å². The van der Waals surface area contributed by atoms with Gasteiger partial charge in [-0.1, -0.05) is 51.7 Å². The molecule has 0 unspecified atom stereocenters. The SMILES string of the molecule is C=C/C(=C\C(=C)CC)CN.CC. The first-order chi connectivity index (χ1) is 5.74. The van der Waals surface area contributed by atoms with Crippen molar-refractivity contribution in [2.45, 2.75) is 27.2 Å². The van der Waals surface area contributed by atoms with E-state index in [1.807, 2.05) is 19.9 Å². The molecule has 0 aliphatic heterocycles. The zero-order chi connectivity index (χ0) is 9.98. The largest absolute Gasteiger partial charge is 0.326 e. The first-order valence-corrected chi connectivity index (χ1v) is 4.45. The van der Waals surface area contributed by atoms with Crippen molar-refractivity contribution < 1.29 is 0 Å². The lowest BCUT2D eigenvalue weighted by molar-refractivity contribution is 1.13. The van der Waals surface area contributed by atoms with Gasteiger partial charge in [-0.15, -0.1) is 0 Å². The van der Waals surface area contributed by atoms with Gasteiger partial charge in [-0.2, -0.15) is 0 Å². The number of hydrogen-bond acceptors (Lipinski definition) is 1. The van der Waals surface area contributed by atoms with Gasteiger partial charge in [-0.05, 0) is 12.0 Å². The molecule has 0 aliphatic carbocycles. The van der Waals surface area contributed by atoms with Crippen LogP contribution in [0.25, 0.3) is 0 Å². The van der Waals surface area contributed by atoms with Gasteiger partial charge in [-0.25, -0.2) is 0 Å². The third-order valence-corrected chi connectivity index (χ3v) is 1.34. The molecule has 0 heterocycles. The van der Waals surface area contributed by atoms with Crippen LogP contribution < -0.4 is 5.73 Å². The van der Waals surface area contributed by atoms with Gasteiger partial charge in [0.15, 0.2) is 0 Å². The van der Waals surface area contributed by atoms with Crippen LogP contribution in [-0.2, 0) is 0 Å². The molecule has 0 fully saturated rings. The second kappa shape index (κ2) is 10.2. The van der Waals surface area contributed by atoms with E-state index < -0.39 is 0 Å². The molecule has 0 aromatic rings. The van der Waals surface area contributed by atoms with Crippen molar-refractivity contribution in [2.75, 3.05) is 6.54 Å². The van der Waals surface area contributed by atoms with Crippen molar-refractivity contribution >= 4 is 0 Å². The number of hydrogen-bond donors (Lipinski definition) is 1. The summed E-state index contributed by atoms with van der Waals surface area (Å²) in [6.45, 7) is 14.1. The standard InChI is InChI=1S/C9H15N.C2H6/c1-4-8(3)6-9(5-2)7-10;1-2/h5-6H,2-4,7,10H2,1H3;1-2H3/b9-6+;. The Bertz CT molecular complexity index is 154. The third-order valence-electron chi connectivity index (χ3n) is 1.34. The third kappa shape index (κ3) is 7.29. The number of nitrogens with two attached hydrogens (primary N) is 1.